The highest BCUT2D eigenvalue weighted by molar-refractivity contribution is 7.90. The van der Waals surface area contributed by atoms with E-state index in [1.54, 1.807) is 24.3 Å². The average molecular weight is 432 g/mol. The summed E-state index contributed by atoms with van der Waals surface area (Å²) in [7, 11) is -3.32. The maximum absolute atomic E-state index is 13.5. The van der Waals surface area contributed by atoms with Crippen LogP contribution < -0.4 is 10.2 Å². The van der Waals surface area contributed by atoms with Crippen LogP contribution in [-0.2, 0) is 16.3 Å². The van der Waals surface area contributed by atoms with Gasteiger partial charge in [-0.3, -0.25) is 4.79 Å². The molecule has 0 radical (unpaired) electrons. The second kappa shape index (κ2) is 7.39. The predicted molar refractivity (Wildman–Crippen MR) is 120 cm³/mol. The van der Waals surface area contributed by atoms with Gasteiger partial charge in [0.25, 0.3) is 0 Å². The van der Waals surface area contributed by atoms with Crippen LogP contribution in [0.5, 0.6) is 5.75 Å². The second-order valence-corrected chi connectivity index (χ2v) is 9.72. The van der Waals surface area contributed by atoms with E-state index in [4.69, 9.17) is 9.15 Å². The fraction of sp³-hybridized carbons (Fsp3) is 0.160. The molecule has 0 unspecified atom stereocenters. The lowest BCUT2D eigenvalue weighted by Gasteiger charge is -2.18. The Kier molecular flexibility index (Phi) is 4.67. The number of ether oxygens (including phenoxy) is 1. The smallest absolute Gasteiger partial charge is 0.201 e. The number of para-hydroxylation sites is 1. The standard InChI is InChI=1S/C25H20O5S/c1-31(27,28)19-11-8-16(9-12-19)25-23(24(26)20-6-2-3-7-22(20)30-25)18-10-13-21-17(15-18)5-4-14-29-21/h2-3,6-13,15H,4-5,14H2,1H3. The SMILES string of the molecule is CS(=O)(=O)c1ccc(-c2oc3ccccc3c(=O)c2-c2ccc3c(c2)CCCO3)cc1. The Balaban J connectivity index is 1.77. The Morgan fingerprint density at radius 3 is 2.42 bits per heavy atom. The molecule has 3 aromatic carbocycles. The fourth-order valence-corrected chi connectivity index (χ4v) is 4.61. The first-order chi connectivity index (χ1) is 14.9. The van der Waals surface area contributed by atoms with Crippen LogP contribution in [-0.4, -0.2) is 21.3 Å². The summed E-state index contributed by atoms with van der Waals surface area (Å²) in [5.41, 5.74) is 3.28. The normalized spacial score (nSPS) is 13.6. The minimum absolute atomic E-state index is 0.124. The lowest BCUT2D eigenvalue weighted by Crippen LogP contribution is -2.10. The molecule has 156 valence electrons. The molecule has 0 aliphatic carbocycles. The molecule has 1 aromatic heterocycles. The third-order valence-electron chi connectivity index (χ3n) is 5.54. The lowest BCUT2D eigenvalue weighted by molar-refractivity contribution is 0.288. The maximum atomic E-state index is 13.5. The van der Waals surface area contributed by atoms with Gasteiger partial charge >= 0.3 is 0 Å². The van der Waals surface area contributed by atoms with Crippen molar-refractivity contribution in [3.05, 3.63) is 82.5 Å². The highest BCUT2D eigenvalue weighted by Gasteiger charge is 2.20. The number of hydrogen-bond acceptors (Lipinski definition) is 5. The number of benzene rings is 3. The van der Waals surface area contributed by atoms with Gasteiger partial charge in [-0.15, -0.1) is 0 Å². The predicted octanol–water partition coefficient (Wildman–Crippen LogP) is 4.86. The van der Waals surface area contributed by atoms with Gasteiger partial charge in [0.1, 0.15) is 17.1 Å². The molecule has 0 amide bonds. The second-order valence-electron chi connectivity index (χ2n) is 7.70. The molecule has 0 N–H and O–H groups in total. The van der Waals surface area contributed by atoms with Crippen molar-refractivity contribution in [1.29, 1.82) is 0 Å². The molecule has 2 heterocycles. The molecule has 0 atom stereocenters. The van der Waals surface area contributed by atoms with Crippen molar-refractivity contribution in [2.24, 2.45) is 0 Å². The zero-order valence-corrected chi connectivity index (χ0v) is 17.7. The van der Waals surface area contributed by atoms with Crippen LogP contribution in [0.25, 0.3) is 33.4 Å². The molecule has 0 spiro atoms. The molecule has 1 aliphatic heterocycles. The Bertz CT molecular complexity index is 1460. The van der Waals surface area contributed by atoms with E-state index in [-0.39, 0.29) is 10.3 Å². The summed E-state index contributed by atoms with van der Waals surface area (Å²) in [6.07, 6.45) is 2.99. The van der Waals surface area contributed by atoms with Crippen molar-refractivity contribution in [2.45, 2.75) is 17.7 Å². The van der Waals surface area contributed by atoms with Gasteiger partial charge < -0.3 is 9.15 Å². The van der Waals surface area contributed by atoms with Crippen LogP contribution in [0.15, 0.2) is 80.8 Å². The van der Waals surface area contributed by atoms with E-state index in [0.29, 0.717) is 34.5 Å². The van der Waals surface area contributed by atoms with Gasteiger partial charge in [-0.1, -0.05) is 18.2 Å². The van der Waals surface area contributed by atoms with E-state index in [9.17, 15) is 13.2 Å². The molecule has 0 saturated heterocycles. The van der Waals surface area contributed by atoms with Crippen LogP contribution >= 0.6 is 0 Å². The fourth-order valence-electron chi connectivity index (χ4n) is 3.98. The molecule has 0 bridgehead atoms. The molecule has 5 nitrogen and oxygen atoms in total. The highest BCUT2D eigenvalue weighted by atomic mass is 32.2. The van der Waals surface area contributed by atoms with Crippen LogP contribution in [0.2, 0.25) is 0 Å². The largest absolute Gasteiger partial charge is 0.493 e. The Labute approximate surface area is 179 Å². The van der Waals surface area contributed by atoms with Crippen LogP contribution in [0, 0.1) is 0 Å². The quantitative estimate of drug-likeness (QED) is 0.462. The molecular formula is C25H20O5S. The first kappa shape index (κ1) is 19.6. The third-order valence-corrected chi connectivity index (χ3v) is 6.67. The van der Waals surface area contributed by atoms with Gasteiger partial charge in [-0.25, -0.2) is 8.42 Å². The summed E-state index contributed by atoms with van der Waals surface area (Å²) in [4.78, 5) is 13.7. The first-order valence-electron chi connectivity index (χ1n) is 10.0. The monoisotopic (exact) mass is 432 g/mol. The molecule has 1 aliphatic rings. The average Bonchev–Trinajstić information content (AvgIpc) is 2.78. The minimum atomic E-state index is -3.32. The van der Waals surface area contributed by atoms with Gasteiger partial charge in [0.05, 0.1) is 22.5 Å². The molecule has 6 heteroatoms. The highest BCUT2D eigenvalue weighted by Crippen LogP contribution is 2.36. The van der Waals surface area contributed by atoms with Crippen LogP contribution in [0.4, 0.5) is 0 Å². The van der Waals surface area contributed by atoms with Crippen molar-refractivity contribution in [3.8, 4) is 28.2 Å². The van der Waals surface area contributed by atoms with Gasteiger partial charge in [0.15, 0.2) is 9.84 Å². The van der Waals surface area contributed by atoms with E-state index in [0.717, 1.165) is 29.7 Å². The van der Waals surface area contributed by atoms with Crippen LogP contribution in [0.3, 0.4) is 0 Å². The molecule has 5 rings (SSSR count). The summed E-state index contributed by atoms with van der Waals surface area (Å²) >= 11 is 0. The summed E-state index contributed by atoms with van der Waals surface area (Å²) in [6, 6.07) is 19.3. The maximum Gasteiger partial charge on any atom is 0.201 e. The lowest BCUT2D eigenvalue weighted by atomic mass is 9.95. The van der Waals surface area contributed by atoms with Crippen molar-refractivity contribution in [3.63, 3.8) is 0 Å². The van der Waals surface area contributed by atoms with Crippen molar-refractivity contribution in [1.82, 2.24) is 0 Å². The molecule has 0 saturated carbocycles. The number of aryl methyl sites for hydroxylation is 1. The summed E-state index contributed by atoms with van der Waals surface area (Å²) in [5.74, 6) is 1.26. The Morgan fingerprint density at radius 1 is 0.903 bits per heavy atom. The summed E-state index contributed by atoms with van der Waals surface area (Å²) < 4.78 is 35.6. The Morgan fingerprint density at radius 2 is 1.65 bits per heavy atom. The van der Waals surface area contributed by atoms with Crippen LogP contribution in [0.1, 0.15) is 12.0 Å². The topological polar surface area (TPSA) is 73.6 Å². The van der Waals surface area contributed by atoms with E-state index >= 15 is 0 Å². The Hall–Kier alpha value is -3.38. The van der Waals surface area contributed by atoms with Gasteiger partial charge in [-0.05, 0) is 72.5 Å². The number of fused-ring (bicyclic) bond motifs is 2. The summed E-state index contributed by atoms with van der Waals surface area (Å²) in [5, 5.41) is 0.503. The zero-order chi connectivity index (χ0) is 21.6. The van der Waals surface area contributed by atoms with Gasteiger partial charge in [0, 0.05) is 11.8 Å². The first-order valence-corrected chi connectivity index (χ1v) is 11.9. The zero-order valence-electron chi connectivity index (χ0n) is 16.9. The number of sulfone groups is 1. The third kappa shape index (κ3) is 3.53. The van der Waals surface area contributed by atoms with E-state index in [1.165, 1.54) is 18.4 Å². The molecule has 31 heavy (non-hydrogen) atoms. The van der Waals surface area contributed by atoms with Crippen molar-refractivity contribution in [2.75, 3.05) is 12.9 Å². The molecule has 4 aromatic rings. The van der Waals surface area contributed by atoms with E-state index in [2.05, 4.69) is 0 Å². The minimum Gasteiger partial charge on any atom is -0.493 e. The number of rotatable bonds is 3. The molecule has 0 fully saturated rings. The van der Waals surface area contributed by atoms with Crippen molar-refractivity contribution >= 4 is 20.8 Å². The van der Waals surface area contributed by atoms with Crippen molar-refractivity contribution < 1.29 is 17.6 Å². The van der Waals surface area contributed by atoms with Gasteiger partial charge in [0.2, 0.25) is 5.43 Å². The molecular weight excluding hydrogens is 412 g/mol. The van der Waals surface area contributed by atoms with Gasteiger partial charge in [-0.2, -0.15) is 0 Å². The number of hydrogen-bond donors (Lipinski definition) is 0. The van der Waals surface area contributed by atoms with E-state index < -0.39 is 9.84 Å². The van der Waals surface area contributed by atoms with E-state index in [1.807, 2.05) is 30.3 Å². The summed E-state index contributed by atoms with van der Waals surface area (Å²) in [6.45, 7) is 0.697.